The van der Waals surface area contributed by atoms with E-state index in [0.29, 0.717) is 12.5 Å². The van der Waals surface area contributed by atoms with Crippen LogP contribution in [0.25, 0.3) is 0 Å². The van der Waals surface area contributed by atoms with Crippen LogP contribution < -0.4 is 4.90 Å². The molecule has 1 heterocycles. The smallest absolute Gasteiger partial charge is 0.418 e. The minimum Gasteiger partial charge on any atom is -0.478 e. The Morgan fingerprint density at radius 1 is 1.20 bits per heavy atom. The molecule has 1 fully saturated rings. The van der Waals surface area contributed by atoms with Crippen LogP contribution in [0.1, 0.15) is 56.5 Å². The summed E-state index contributed by atoms with van der Waals surface area (Å²) in [5, 5.41) is 9.65. The Balaban J connectivity index is 2.73. The molecule has 10 heteroatoms. The number of aromatic carboxylic acids is 1. The van der Waals surface area contributed by atoms with Gasteiger partial charge in [0.25, 0.3) is 0 Å². The molecule has 1 aliphatic rings. The van der Waals surface area contributed by atoms with E-state index < -0.39 is 43.9 Å². The average molecular weight is 451 g/mol. The summed E-state index contributed by atoms with van der Waals surface area (Å²) in [7, 11) is -4.28. The number of alkyl halides is 3. The van der Waals surface area contributed by atoms with Gasteiger partial charge in [0.2, 0.25) is 10.0 Å². The number of hydrogen-bond donors (Lipinski definition) is 1. The molecule has 0 unspecified atom stereocenters. The first-order valence-electron chi connectivity index (χ1n) is 10.1. The number of carboxylic acids is 1. The first-order chi connectivity index (χ1) is 13.8. The van der Waals surface area contributed by atoms with Crippen molar-refractivity contribution in [1.82, 2.24) is 4.31 Å². The van der Waals surface area contributed by atoms with Crippen LogP contribution >= 0.6 is 0 Å². The summed E-state index contributed by atoms with van der Waals surface area (Å²) < 4.78 is 69.3. The molecular formula is C20H29F3N2O4S. The molecule has 2 rings (SSSR count). The number of carbonyl (C=O) groups is 1. The van der Waals surface area contributed by atoms with Crippen LogP contribution in [0.5, 0.6) is 0 Å². The molecule has 0 aliphatic carbocycles. The number of sulfonamides is 1. The number of benzene rings is 1. The quantitative estimate of drug-likeness (QED) is 0.670. The molecule has 0 aromatic heterocycles. The van der Waals surface area contributed by atoms with E-state index in [1.54, 1.807) is 13.8 Å². The highest BCUT2D eigenvalue weighted by Crippen LogP contribution is 2.41. The van der Waals surface area contributed by atoms with Gasteiger partial charge in [0, 0.05) is 26.2 Å². The van der Waals surface area contributed by atoms with E-state index in [1.165, 1.54) is 4.90 Å². The van der Waals surface area contributed by atoms with E-state index in [-0.39, 0.29) is 38.0 Å². The van der Waals surface area contributed by atoms with Gasteiger partial charge in [-0.3, -0.25) is 0 Å². The Hall–Kier alpha value is -1.81. The first kappa shape index (κ1) is 24.5. The molecule has 0 spiro atoms. The lowest BCUT2D eigenvalue weighted by molar-refractivity contribution is -0.137. The van der Waals surface area contributed by atoms with Crippen molar-refractivity contribution < 1.29 is 31.5 Å². The zero-order valence-corrected chi connectivity index (χ0v) is 18.5. The second-order valence-corrected chi connectivity index (χ2v) is 9.96. The highest BCUT2D eigenvalue weighted by molar-refractivity contribution is 7.89. The van der Waals surface area contributed by atoms with Gasteiger partial charge in [0.15, 0.2) is 0 Å². The maximum atomic E-state index is 13.9. The molecule has 170 valence electrons. The van der Waals surface area contributed by atoms with E-state index >= 15 is 0 Å². The predicted octanol–water partition coefficient (Wildman–Crippen LogP) is 4.31. The molecule has 1 aromatic rings. The van der Waals surface area contributed by atoms with Gasteiger partial charge in [-0.15, -0.1) is 0 Å². The summed E-state index contributed by atoms with van der Waals surface area (Å²) in [5.41, 5.74) is -2.38. The fourth-order valence-corrected chi connectivity index (χ4v) is 5.86. The highest BCUT2D eigenvalue weighted by atomic mass is 32.2. The number of nitrogens with zero attached hydrogens (tertiary/aromatic N) is 2. The fraction of sp³-hybridized carbons (Fsp3) is 0.650. The molecule has 0 saturated carbocycles. The molecule has 0 amide bonds. The van der Waals surface area contributed by atoms with Crippen LogP contribution in [0.3, 0.4) is 0 Å². The SMILES string of the molecule is CCCN(CC)c1c(C(=O)O)cc(S(=O)(=O)N2C[C@H](C)C[C@H](C)C2)cc1C(F)(F)F. The summed E-state index contributed by atoms with van der Waals surface area (Å²) in [6, 6.07) is 1.45. The van der Waals surface area contributed by atoms with Gasteiger partial charge in [-0.05, 0) is 43.7 Å². The Labute approximate surface area is 175 Å². The number of carboxylic acid groups (broad SMARTS) is 1. The Bertz CT molecular complexity index is 877. The van der Waals surface area contributed by atoms with Crippen molar-refractivity contribution in [1.29, 1.82) is 0 Å². The van der Waals surface area contributed by atoms with Gasteiger partial charge >= 0.3 is 12.1 Å². The van der Waals surface area contributed by atoms with Crippen molar-refractivity contribution in [2.24, 2.45) is 11.8 Å². The normalized spacial score (nSPS) is 20.9. The van der Waals surface area contributed by atoms with Gasteiger partial charge in [0.05, 0.1) is 21.7 Å². The maximum absolute atomic E-state index is 13.9. The molecule has 0 bridgehead atoms. The molecule has 30 heavy (non-hydrogen) atoms. The van der Waals surface area contributed by atoms with Crippen molar-refractivity contribution >= 4 is 21.7 Å². The summed E-state index contributed by atoms with van der Waals surface area (Å²) in [5.74, 6) is -1.48. The van der Waals surface area contributed by atoms with Crippen molar-refractivity contribution in [2.75, 3.05) is 31.1 Å². The molecular weight excluding hydrogens is 421 g/mol. The van der Waals surface area contributed by atoms with Crippen LogP contribution in [0.15, 0.2) is 17.0 Å². The Morgan fingerprint density at radius 3 is 2.20 bits per heavy atom. The monoisotopic (exact) mass is 450 g/mol. The van der Waals surface area contributed by atoms with E-state index in [9.17, 15) is 31.5 Å². The Morgan fingerprint density at radius 2 is 1.77 bits per heavy atom. The largest absolute Gasteiger partial charge is 0.478 e. The van der Waals surface area contributed by atoms with Crippen molar-refractivity contribution in [3.8, 4) is 0 Å². The molecule has 2 atom stereocenters. The molecule has 1 aromatic carbocycles. The van der Waals surface area contributed by atoms with E-state index in [1.807, 2.05) is 13.8 Å². The molecule has 1 N–H and O–H groups in total. The third-order valence-electron chi connectivity index (χ3n) is 5.28. The summed E-state index contributed by atoms with van der Waals surface area (Å²) in [6.45, 7) is 7.92. The highest BCUT2D eigenvalue weighted by Gasteiger charge is 2.40. The van der Waals surface area contributed by atoms with Gasteiger partial charge in [-0.25, -0.2) is 13.2 Å². The molecule has 1 saturated heterocycles. The predicted molar refractivity (Wildman–Crippen MR) is 108 cm³/mol. The van der Waals surface area contributed by atoms with Crippen LogP contribution in [-0.4, -0.2) is 50.0 Å². The van der Waals surface area contributed by atoms with Crippen LogP contribution in [0.4, 0.5) is 18.9 Å². The summed E-state index contributed by atoms with van der Waals surface area (Å²) in [6.07, 6.45) is -3.58. The summed E-state index contributed by atoms with van der Waals surface area (Å²) >= 11 is 0. The lowest BCUT2D eigenvalue weighted by atomic mass is 9.94. The third-order valence-corrected chi connectivity index (χ3v) is 7.09. The van der Waals surface area contributed by atoms with Gasteiger partial charge < -0.3 is 10.0 Å². The molecule has 1 aliphatic heterocycles. The molecule has 6 nitrogen and oxygen atoms in total. The lowest BCUT2D eigenvalue weighted by Crippen LogP contribution is -2.42. The topological polar surface area (TPSA) is 77.9 Å². The lowest BCUT2D eigenvalue weighted by Gasteiger charge is -2.34. The van der Waals surface area contributed by atoms with Crippen molar-refractivity contribution in [2.45, 2.75) is 51.6 Å². The van der Waals surface area contributed by atoms with E-state index in [2.05, 4.69) is 0 Å². The summed E-state index contributed by atoms with van der Waals surface area (Å²) in [4.78, 5) is 12.6. The van der Waals surface area contributed by atoms with E-state index in [0.717, 1.165) is 16.8 Å². The maximum Gasteiger partial charge on any atom is 0.418 e. The number of piperidine rings is 1. The van der Waals surface area contributed by atoms with Gasteiger partial charge in [-0.1, -0.05) is 20.8 Å². The van der Waals surface area contributed by atoms with Crippen molar-refractivity contribution in [3.05, 3.63) is 23.3 Å². The minimum atomic E-state index is -4.91. The van der Waals surface area contributed by atoms with Crippen LogP contribution in [0, 0.1) is 11.8 Å². The second kappa shape index (κ2) is 9.13. The number of halogens is 3. The minimum absolute atomic E-state index is 0.0592. The third kappa shape index (κ3) is 5.08. The number of anilines is 1. The molecule has 0 radical (unpaired) electrons. The zero-order chi connectivity index (χ0) is 22.9. The zero-order valence-electron chi connectivity index (χ0n) is 17.7. The second-order valence-electron chi connectivity index (χ2n) is 8.02. The van der Waals surface area contributed by atoms with Gasteiger partial charge in [0.1, 0.15) is 0 Å². The average Bonchev–Trinajstić information content (AvgIpc) is 2.63. The van der Waals surface area contributed by atoms with Crippen LogP contribution in [-0.2, 0) is 16.2 Å². The van der Waals surface area contributed by atoms with Crippen LogP contribution in [0.2, 0.25) is 0 Å². The fourth-order valence-electron chi connectivity index (χ4n) is 4.13. The number of hydrogen-bond acceptors (Lipinski definition) is 4. The van der Waals surface area contributed by atoms with Gasteiger partial charge in [-0.2, -0.15) is 17.5 Å². The Kier molecular flexibility index (Phi) is 7.45. The number of rotatable bonds is 7. The standard InChI is InChI=1S/C20H29F3N2O4S/c1-5-7-24(6-2)18-16(19(26)27)9-15(10-17(18)20(21,22)23)30(28,29)25-11-13(3)8-14(4)12-25/h9-10,13-14H,5-8,11-12H2,1-4H3,(H,26,27)/t13-,14+. The van der Waals surface area contributed by atoms with E-state index in [4.69, 9.17) is 0 Å². The van der Waals surface area contributed by atoms with Crippen molar-refractivity contribution in [3.63, 3.8) is 0 Å². The first-order valence-corrected chi connectivity index (χ1v) is 11.5.